The lowest BCUT2D eigenvalue weighted by atomic mass is 10.1. The maximum absolute atomic E-state index is 12.4. The van der Waals surface area contributed by atoms with E-state index in [1.165, 1.54) is 28.0 Å². The van der Waals surface area contributed by atoms with Crippen molar-refractivity contribution in [3.63, 3.8) is 0 Å². The maximum atomic E-state index is 12.4. The Morgan fingerprint density at radius 1 is 1.26 bits per heavy atom. The van der Waals surface area contributed by atoms with Crippen molar-refractivity contribution in [2.24, 2.45) is 0 Å². The molecule has 6 nitrogen and oxygen atoms in total. The van der Waals surface area contributed by atoms with Crippen molar-refractivity contribution in [3.8, 4) is 0 Å². The highest BCUT2D eigenvalue weighted by Gasteiger charge is 2.33. The van der Waals surface area contributed by atoms with Crippen LogP contribution in [-0.2, 0) is 0 Å². The molecule has 1 aromatic carbocycles. The number of halogens is 4. The van der Waals surface area contributed by atoms with Gasteiger partial charge in [0.05, 0.1) is 17.0 Å². The zero-order valence-corrected chi connectivity index (χ0v) is 13.4. The van der Waals surface area contributed by atoms with Crippen molar-refractivity contribution < 1.29 is 22.9 Å². The standard InChI is InChI=1S/C13H13BrF3N3O3/c14-11-9(2-1-3-10(11)20(22)23)12(21)19-6-4-18(5-7-19)8-13(15,16)17/h1-3H,4-8H2. The average molecular weight is 396 g/mol. The molecule has 0 spiro atoms. The second-order valence-corrected chi connectivity index (χ2v) is 5.87. The maximum Gasteiger partial charge on any atom is 0.401 e. The first-order valence-corrected chi connectivity index (χ1v) is 7.49. The summed E-state index contributed by atoms with van der Waals surface area (Å²) >= 11 is 3.05. The van der Waals surface area contributed by atoms with Crippen molar-refractivity contribution in [2.75, 3.05) is 32.7 Å². The number of alkyl halides is 3. The Hall–Kier alpha value is -1.68. The summed E-state index contributed by atoms with van der Waals surface area (Å²) in [6, 6.07) is 4.11. The number of carbonyl (C=O) groups excluding carboxylic acids is 1. The summed E-state index contributed by atoms with van der Waals surface area (Å²) in [5.41, 5.74) is -0.102. The van der Waals surface area contributed by atoms with Crippen LogP contribution in [0, 0.1) is 10.1 Å². The van der Waals surface area contributed by atoms with Gasteiger partial charge in [-0.15, -0.1) is 0 Å². The number of benzene rings is 1. The molecule has 1 amide bonds. The Morgan fingerprint density at radius 3 is 2.39 bits per heavy atom. The molecule has 0 aromatic heterocycles. The summed E-state index contributed by atoms with van der Waals surface area (Å²) < 4.78 is 37.1. The fourth-order valence-corrected chi connectivity index (χ4v) is 2.94. The van der Waals surface area contributed by atoms with E-state index in [1.807, 2.05) is 0 Å². The van der Waals surface area contributed by atoms with Gasteiger partial charge in [0.2, 0.25) is 0 Å². The summed E-state index contributed by atoms with van der Waals surface area (Å²) in [7, 11) is 0. The van der Waals surface area contributed by atoms with Gasteiger partial charge in [0.25, 0.3) is 11.6 Å². The third-order valence-electron chi connectivity index (χ3n) is 3.47. The molecule has 0 N–H and O–H groups in total. The first-order valence-electron chi connectivity index (χ1n) is 6.70. The van der Waals surface area contributed by atoms with Gasteiger partial charge in [0.15, 0.2) is 0 Å². The van der Waals surface area contributed by atoms with Crippen LogP contribution >= 0.6 is 15.9 Å². The molecular formula is C13H13BrF3N3O3. The van der Waals surface area contributed by atoms with E-state index < -0.39 is 23.6 Å². The van der Waals surface area contributed by atoms with Crippen LogP contribution in [0.2, 0.25) is 0 Å². The lowest BCUT2D eigenvalue weighted by molar-refractivity contribution is -0.385. The zero-order chi connectivity index (χ0) is 17.2. The Kier molecular flexibility index (Phi) is 5.25. The topological polar surface area (TPSA) is 66.7 Å². The van der Waals surface area contributed by atoms with Crippen LogP contribution in [0.25, 0.3) is 0 Å². The van der Waals surface area contributed by atoms with E-state index in [0.717, 1.165) is 0 Å². The van der Waals surface area contributed by atoms with Crippen LogP contribution in [0.3, 0.4) is 0 Å². The molecule has 1 aliphatic rings. The largest absolute Gasteiger partial charge is 0.401 e. The third-order valence-corrected chi connectivity index (χ3v) is 4.30. The molecule has 0 atom stereocenters. The minimum atomic E-state index is -4.27. The zero-order valence-electron chi connectivity index (χ0n) is 11.8. The van der Waals surface area contributed by atoms with E-state index in [4.69, 9.17) is 0 Å². The lowest BCUT2D eigenvalue weighted by Crippen LogP contribution is -2.51. The molecule has 0 bridgehead atoms. The molecule has 1 aliphatic heterocycles. The Bertz CT molecular complexity index is 616. The second-order valence-electron chi connectivity index (χ2n) is 5.08. The Morgan fingerprint density at radius 2 is 1.87 bits per heavy atom. The molecule has 1 fully saturated rings. The Balaban J connectivity index is 2.06. The van der Waals surface area contributed by atoms with Crippen LogP contribution in [-0.4, -0.2) is 59.5 Å². The third kappa shape index (κ3) is 4.41. The molecule has 1 saturated heterocycles. The number of nitro benzene ring substituents is 1. The molecule has 2 rings (SSSR count). The van der Waals surface area contributed by atoms with Crippen LogP contribution in [0.15, 0.2) is 22.7 Å². The highest BCUT2D eigenvalue weighted by molar-refractivity contribution is 9.10. The highest BCUT2D eigenvalue weighted by Crippen LogP contribution is 2.29. The van der Waals surface area contributed by atoms with Gasteiger partial charge in [-0.3, -0.25) is 19.8 Å². The van der Waals surface area contributed by atoms with Crippen LogP contribution < -0.4 is 0 Å². The highest BCUT2D eigenvalue weighted by atomic mass is 79.9. The van der Waals surface area contributed by atoms with Crippen molar-refractivity contribution >= 4 is 27.5 Å². The van der Waals surface area contributed by atoms with E-state index in [9.17, 15) is 28.1 Å². The molecule has 10 heteroatoms. The van der Waals surface area contributed by atoms with Gasteiger partial charge in [-0.25, -0.2) is 0 Å². The Labute approximate surface area is 138 Å². The second kappa shape index (κ2) is 6.83. The van der Waals surface area contributed by atoms with Crippen molar-refractivity contribution in [2.45, 2.75) is 6.18 Å². The van der Waals surface area contributed by atoms with Gasteiger partial charge in [0.1, 0.15) is 4.47 Å². The first kappa shape index (κ1) is 17.7. The summed E-state index contributed by atoms with van der Waals surface area (Å²) in [6.45, 7) is -0.501. The monoisotopic (exact) mass is 395 g/mol. The van der Waals surface area contributed by atoms with Crippen LogP contribution in [0.1, 0.15) is 10.4 Å². The van der Waals surface area contributed by atoms with Gasteiger partial charge in [-0.2, -0.15) is 13.2 Å². The molecule has 0 unspecified atom stereocenters. The lowest BCUT2D eigenvalue weighted by Gasteiger charge is -2.35. The van der Waals surface area contributed by atoms with E-state index >= 15 is 0 Å². The van der Waals surface area contributed by atoms with Crippen LogP contribution in [0.5, 0.6) is 0 Å². The number of hydrogen-bond donors (Lipinski definition) is 0. The predicted molar refractivity (Wildman–Crippen MR) is 79.2 cm³/mol. The van der Waals surface area contributed by atoms with Gasteiger partial charge in [-0.1, -0.05) is 6.07 Å². The van der Waals surface area contributed by atoms with Gasteiger partial charge in [0, 0.05) is 32.2 Å². The van der Waals surface area contributed by atoms with E-state index in [0.29, 0.717) is 0 Å². The predicted octanol–water partition coefficient (Wildman–Crippen LogP) is 2.68. The fraction of sp³-hybridized carbons (Fsp3) is 0.462. The number of carbonyl (C=O) groups is 1. The minimum Gasteiger partial charge on any atom is -0.336 e. The minimum absolute atomic E-state index is 0.0766. The number of piperazine rings is 1. The van der Waals surface area contributed by atoms with E-state index in [-0.39, 0.29) is 41.9 Å². The SMILES string of the molecule is O=C(c1cccc([N+](=O)[O-])c1Br)N1CCN(CC(F)(F)F)CC1. The van der Waals surface area contributed by atoms with Gasteiger partial charge in [-0.05, 0) is 22.0 Å². The molecule has 0 saturated carbocycles. The van der Waals surface area contributed by atoms with Crippen molar-refractivity contribution in [3.05, 3.63) is 38.3 Å². The van der Waals surface area contributed by atoms with Gasteiger partial charge < -0.3 is 4.90 Å². The number of hydrogen-bond acceptors (Lipinski definition) is 4. The summed E-state index contributed by atoms with van der Waals surface area (Å²) in [6.07, 6.45) is -4.27. The van der Waals surface area contributed by atoms with E-state index in [2.05, 4.69) is 15.9 Å². The fourth-order valence-electron chi connectivity index (χ4n) is 2.36. The van der Waals surface area contributed by atoms with Crippen LogP contribution in [0.4, 0.5) is 18.9 Å². The molecule has 126 valence electrons. The summed E-state index contributed by atoms with van der Waals surface area (Å²) in [5.74, 6) is -0.438. The number of nitrogens with zero attached hydrogens (tertiary/aromatic N) is 3. The molecule has 1 aromatic rings. The van der Waals surface area contributed by atoms with E-state index in [1.54, 1.807) is 0 Å². The van der Waals surface area contributed by atoms with Crippen molar-refractivity contribution in [1.82, 2.24) is 9.80 Å². The molecule has 0 radical (unpaired) electrons. The number of rotatable bonds is 3. The summed E-state index contributed by atoms with van der Waals surface area (Å²) in [4.78, 5) is 25.3. The normalized spacial score (nSPS) is 16.4. The van der Waals surface area contributed by atoms with Crippen molar-refractivity contribution in [1.29, 1.82) is 0 Å². The molecule has 0 aliphatic carbocycles. The quantitative estimate of drug-likeness (QED) is 0.582. The average Bonchev–Trinajstić information content (AvgIpc) is 2.45. The first-order chi connectivity index (χ1) is 10.7. The van der Waals surface area contributed by atoms with Gasteiger partial charge >= 0.3 is 6.18 Å². The molecular weight excluding hydrogens is 383 g/mol. The number of nitro groups is 1. The summed E-state index contributed by atoms with van der Waals surface area (Å²) in [5, 5.41) is 10.9. The smallest absolute Gasteiger partial charge is 0.336 e. The molecule has 23 heavy (non-hydrogen) atoms. The number of amides is 1. The molecule has 1 heterocycles.